The van der Waals surface area contributed by atoms with Gasteiger partial charge in [0.2, 0.25) is 5.91 Å². The highest BCUT2D eigenvalue weighted by Crippen LogP contribution is 2.21. The van der Waals surface area contributed by atoms with Crippen LogP contribution >= 0.6 is 0 Å². The Morgan fingerprint density at radius 1 is 0.724 bits per heavy atom. The third kappa shape index (κ3) is 4.68. The molecule has 3 amide bonds. The highest BCUT2D eigenvalue weighted by molar-refractivity contribution is 6.48. The quantitative estimate of drug-likeness (QED) is 0.549. The van der Waals surface area contributed by atoms with Crippen LogP contribution < -0.4 is 15.5 Å². The average Bonchev–Trinajstić information content (AvgIpc) is 2.74. The van der Waals surface area contributed by atoms with E-state index in [2.05, 4.69) is 0 Å². The summed E-state index contributed by atoms with van der Waals surface area (Å²) in [6.45, 7) is 1.44. The van der Waals surface area contributed by atoms with Gasteiger partial charge in [0, 0.05) is 18.3 Å². The summed E-state index contributed by atoms with van der Waals surface area (Å²) in [7, 11) is 0. The first-order valence-corrected chi connectivity index (χ1v) is 9.08. The molecule has 0 saturated carbocycles. The second-order valence-corrected chi connectivity index (χ2v) is 6.46. The van der Waals surface area contributed by atoms with Gasteiger partial charge >= 0.3 is 11.8 Å². The minimum absolute atomic E-state index is 0.197. The molecule has 0 heterocycles. The lowest BCUT2D eigenvalue weighted by Gasteiger charge is -2.26. The van der Waals surface area contributed by atoms with Crippen LogP contribution in [0.25, 0.3) is 0 Å². The van der Waals surface area contributed by atoms with Crippen molar-refractivity contribution in [1.82, 2.24) is 0 Å². The molecule has 3 aromatic rings. The fourth-order valence-electron chi connectivity index (χ4n) is 2.93. The van der Waals surface area contributed by atoms with Gasteiger partial charge in [-0.25, -0.2) is 4.90 Å². The van der Waals surface area contributed by atoms with Gasteiger partial charge in [-0.3, -0.25) is 19.3 Å². The number of carbonyl (C=O) groups excluding carboxylic acids is 3. The highest BCUT2D eigenvalue weighted by Gasteiger charge is 2.31. The maximum absolute atomic E-state index is 13.2. The van der Waals surface area contributed by atoms with Gasteiger partial charge in [0.25, 0.3) is 0 Å². The third-order valence-corrected chi connectivity index (χ3v) is 4.35. The van der Waals surface area contributed by atoms with Crippen LogP contribution in [0.3, 0.4) is 0 Å². The number of hydrogen-bond donors (Lipinski definition) is 1. The maximum Gasteiger partial charge on any atom is 0.323 e. The first-order chi connectivity index (χ1) is 14.0. The monoisotopic (exact) mass is 387 g/mol. The van der Waals surface area contributed by atoms with E-state index in [1.54, 1.807) is 36.4 Å². The van der Waals surface area contributed by atoms with Crippen molar-refractivity contribution in [3.63, 3.8) is 0 Å². The van der Waals surface area contributed by atoms with Gasteiger partial charge in [-0.1, -0.05) is 48.5 Å². The third-order valence-electron chi connectivity index (χ3n) is 4.35. The van der Waals surface area contributed by atoms with Gasteiger partial charge in [-0.05, 0) is 42.0 Å². The number of para-hydroxylation sites is 1. The van der Waals surface area contributed by atoms with E-state index in [1.165, 1.54) is 24.0 Å². The summed E-state index contributed by atoms with van der Waals surface area (Å²) in [4.78, 5) is 40.7. The molecular weight excluding hydrogens is 366 g/mol. The molecular formula is C23H21N3O3. The van der Waals surface area contributed by atoms with Gasteiger partial charge in [0.1, 0.15) is 0 Å². The lowest BCUT2D eigenvalue weighted by atomic mass is 10.2. The van der Waals surface area contributed by atoms with Gasteiger partial charge in [-0.15, -0.1) is 0 Å². The minimum Gasteiger partial charge on any atom is -0.399 e. The normalized spacial score (nSPS) is 10.2. The molecule has 0 radical (unpaired) electrons. The number of carbonyl (C=O) groups is 3. The smallest absolute Gasteiger partial charge is 0.323 e. The number of nitrogens with two attached hydrogens (primary N) is 1. The molecule has 0 aliphatic rings. The van der Waals surface area contributed by atoms with Gasteiger partial charge < -0.3 is 5.73 Å². The number of benzene rings is 3. The Morgan fingerprint density at radius 3 is 1.83 bits per heavy atom. The Kier molecular flexibility index (Phi) is 6.04. The van der Waals surface area contributed by atoms with E-state index in [-0.39, 0.29) is 12.2 Å². The molecule has 0 bridgehead atoms. The van der Waals surface area contributed by atoms with Gasteiger partial charge in [0.05, 0.1) is 12.2 Å². The van der Waals surface area contributed by atoms with Crippen molar-refractivity contribution in [2.75, 3.05) is 15.5 Å². The molecule has 0 fully saturated rings. The molecule has 0 spiro atoms. The minimum atomic E-state index is -0.929. The number of imide groups is 1. The summed E-state index contributed by atoms with van der Waals surface area (Å²) in [5.41, 5.74) is 7.89. The summed E-state index contributed by atoms with van der Waals surface area (Å²) in [6, 6.07) is 24.4. The Bertz CT molecular complexity index is 1000. The standard InChI is InChI=1S/C23H21N3O3/c1-17(27)26(21-14-12-19(24)13-15-21)23(29)22(28)25(20-10-6-3-7-11-20)16-18-8-4-2-5-9-18/h2-15H,16,24H2,1H3. The lowest BCUT2D eigenvalue weighted by Crippen LogP contribution is -2.47. The zero-order chi connectivity index (χ0) is 20.8. The van der Waals surface area contributed by atoms with Crippen molar-refractivity contribution in [3.05, 3.63) is 90.5 Å². The van der Waals surface area contributed by atoms with Crippen LogP contribution in [0, 0.1) is 0 Å². The molecule has 0 aliphatic carbocycles. The molecule has 0 aliphatic heterocycles. The highest BCUT2D eigenvalue weighted by atomic mass is 16.2. The van der Waals surface area contributed by atoms with Crippen LogP contribution in [0.15, 0.2) is 84.9 Å². The molecule has 0 atom stereocenters. The topological polar surface area (TPSA) is 83.7 Å². The fraction of sp³-hybridized carbons (Fsp3) is 0.0870. The van der Waals surface area contributed by atoms with Crippen molar-refractivity contribution in [2.45, 2.75) is 13.5 Å². The Morgan fingerprint density at radius 2 is 1.28 bits per heavy atom. The largest absolute Gasteiger partial charge is 0.399 e. The number of nitrogens with zero attached hydrogens (tertiary/aromatic N) is 2. The molecule has 0 saturated heterocycles. The lowest BCUT2D eigenvalue weighted by molar-refractivity contribution is -0.138. The molecule has 0 unspecified atom stereocenters. The number of anilines is 3. The van der Waals surface area contributed by atoms with Crippen molar-refractivity contribution in [1.29, 1.82) is 0 Å². The van der Waals surface area contributed by atoms with E-state index in [0.29, 0.717) is 11.4 Å². The van der Waals surface area contributed by atoms with Crippen LogP contribution in [0.2, 0.25) is 0 Å². The van der Waals surface area contributed by atoms with Crippen molar-refractivity contribution in [2.24, 2.45) is 0 Å². The number of amides is 3. The Hall–Kier alpha value is -3.93. The van der Waals surface area contributed by atoms with Gasteiger partial charge in [-0.2, -0.15) is 0 Å². The van der Waals surface area contributed by atoms with Crippen molar-refractivity contribution < 1.29 is 14.4 Å². The number of nitrogen functional groups attached to an aromatic ring is 1. The number of hydrogen-bond acceptors (Lipinski definition) is 4. The molecule has 6 nitrogen and oxygen atoms in total. The molecule has 29 heavy (non-hydrogen) atoms. The maximum atomic E-state index is 13.2. The summed E-state index contributed by atoms with van der Waals surface area (Å²) in [5.74, 6) is -2.28. The first-order valence-electron chi connectivity index (χ1n) is 9.08. The first kappa shape index (κ1) is 19.8. The van der Waals surface area contributed by atoms with E-state index in [1.807, 2.05) is 36.4 Å². The van der Waals surface area contributed by atoms with Crippen LogP contribution in [0.1, 0.15) is 12.5 Å². The predicted octanol–water partition coefficient (Wildman–Crippen LogP) is 3.38. The van der Waals surface area contributed by atoms with E-state index >= 15 is 0 Å². The number of rotatable bonds is 4. The Balaban J connectivity index is 1.96. The van der Waals surface area contributed by atoms with E-state index < -0.39 is 17.7 Å². The SMILES string of the molecule is CC(=O)N(C(=O)C(=O)N(Cc1ccccc1)c1ccccc1)c1ccc(N)cc1. The molecule has 146 valence electrons. The van der Waals surface area contributed by atoms with Crippen molar-refractivity contribution >= 4 is 34.8 Å². The second kappa shape index (κ2) is 8.84. The summed E-state index contributed by atoms with van der Waals surface area (Å²) < 4.78 is 0. The van der Waals surface area contributed by atoms with Crippen LogP contribution in [0.4, 0.5) is 17.1 Å². The molecule has 6 heteroatoms. The summed E-state index contributed by atoms with van der Waals surface area (Å²) >= 11 is 0. The molecule has 3 aromatic carbocycles. The van der Waals surface area contributed by atoms with Crippen LogP contribution in [-0.2, 0) is 20.9 Å². The zero-order valence-corrected chi connectivity index (χ0v) is 16.0. The molecule has 0 aromatic heterocycles. The van der Waals surface area contributed by atoms with E-state index in [4.69, 9.17) is 5.73 Å². The zero-order valence-electron chi connectivity index (χ0n) is 16.0. The van der Waals surface area contributed by atoms with Crippen molar-refractivity contribution in [3.8, 4) is 0 Å². The van der Waals surface area contributed by atoms with E-state index in [0.717, 1.165) is 10.5 Å². The average molecular weight is 387 g/mol. The van der Waals surface area contributed by atoms with Crippen LogP contribution in [-0.4, -0.2) is 17.7 Å². The molecule has 3 rings (SSSR count). The second-order valence-electron chi connectivity index (χ2n) is 6.46. The van der Waals surface area contributed by atoms with E-state index in [9.17, 15) is 14.4 Å². The fourth-order valence-corrected chi connectivity index (χ4v) is 2.93. The predicted molar refractivity (Wildman–Crippen MR) is 113 cm³/mol. The Labute approximate surface area is 169 Å². The summed E-state index contributed by atoms with van der Waals surface area (Å²) in [5, 5.41) is 0. The van der Waals surface area contributed by atoms with Crippen LogP contribution in [0.5, 0.6) is 0 Å². The summed E-state index contributed by atoms with van der Waals surface area (Å²) in [6.07, 6.45) is 0. The molecule has 2 N–H and O–H groups in total. The van der Waals surface area contributed by atoms with Gasteiger partial charge in [0.15, 0.2) is 0 Å².